The summed E-state index contributed by atoms with van der Waals surface area (Å²) in [5.74, 6) is -0.120. The quantitative estimate of drug-likeness (QED) is 0.836. The van der Waals surface area contributed by atoms with Gasteiger partial charge in [0.1, 0.15) is 0 Å². The summed E-state index contributed by atoms with van der Waals surface area (Å²) >= 11 is 7.06. The number of hydrogen-bond acceptors (Lipinski definition) is 3. The zero-order valence-electron chi connectivity index (χ0n) is 9.61. The van der Waals surface area contributed by atoms with Crippen LogP contribution in [-0.4, -0.2) is 36.3 Å². The molecule has 0 aromatic carbocycles. The van der Waals surface area contributed by atoms with Gasteiger partial charge in [0.2, 0.25) is 5.91 Å². The lowest BCUT2D eigenvalue weighted by molar-refractivity contribution is -0.119. The van der Waals surface area contributed by atoms with E-state index in [4.69, 9.17) is 11.6 Å². The molecule has 0 unspecified atom stereocenters. The molecule has 3 amide bonds. The molecule has 1 rings (SSSR count). The van der Waals surface area contributed by atoms with E-state index < -0.39 is 0 Å². The number of amides is 3. The number of urea groups is 1. The largest absolute Gasteiger partial charge is 0.327 e. The highest BCUT2D eigenvalue weighted by molar-refractivity contribution is 7.09. The lowest BCUT2D eigenvalue weighted by Gasteiger charge is -2.16. The van der Waals surface area contributed by atoms with Crippen LogP contribution in [0, 0.1) is 0 Å². The Morgan fingerprint density at radius 1 is 1.53 bits per heavy atom. The summed E-state index contributed by atoms with van der Waals surface area (Å²) in [4.78, 5) is 25.4. The van der Waals surface area contributed by atoms with Crippen molar-refractivity contribution in [2.75, 3.05) is 19.5 Å². The molecule has 0 radical (unpaired) electrons. The van der Waals surface area contributed by atoms with Gasteiger partial charge in [-0.15, -0.1) is 22.9 Å². The molecule has 17 heavy (non-hydrogen) atoms. The third-order valence-electron chi connectivity index (χ3n) is 2.19. The van der Waals surface area contributed by atoms with E-state index in [2.05, 4.69) is 5.32 Å². The fraction of sp³-hybridized carbons (Fsp3) is 0.455. The molecule has 4 nitrogen and oxygen atoms in total. The molecule has 1 aromatic heterocycles. The van der Waals surface area contributed by atoms with Crippen molar-refractivity contribution in [1.29, 1.82) is 0 Å². The molecule has 0 aliphatic rings. The van der Waals surface area contributed by atoms with Crippen molar-refractivity contribution in [2.45, 2.75) is 12.8 Å². The maximum absolute atomic E-state index is 11.5. The van der Waals surface area contributed by atoms with Crippen LogP contribution >= 0.6 is 22.9 Å². The normalized spacial score (nSPS) is 10.0. The highest BCUT2D eigenvalue weighted by atomic mass is 35.5. The first-order valence-electron chi connectivity index (χ1n) is 5.26. The number of carbonyl (C=O) groups is 2. The van der Waals surface area contributed by atoms with E-state index in [0.29, 0.717) is 6.54 Å². The van der Waals surface area contributed by atoms with E-state index in [1.165, 1.54) is 9.78 Å². The molecule has 0 aliphatic carbocycles. The average Bonchev–Trinajstić information content (AvgIpc) is 2.78. The topological polar surface area (TPSA) is 49.4 Å². The Labute approximate surface area is 110 Å². The lowest BCUT2D eigenvalue weighted by atomic mass is 10.3. The monoisotopic (exact) mass is 274 g/mol. The number of likely N-dealkylation sites (N-methyl/N-ethyl adjacent to an activating group) is 1. The SMILES string of the molecule is CN(CCc1cccs1)C(=O)NC(=O)CCCl. The van der Waals surface area contributed by atoms with E-state index in [0.717, 1.165) is 6.42 Å². The van der Waals surface area contributed by atoms with Gasteiger partial charge in [-0.2, -0.15) is 0 Å². The summed E-state index contributed by atoms with van der Waals surface area (Å²) in [6, 6.07) is 3.62. The Kier molecular flexibility index (Phi) is 6.00. The lowest BCUT2D eigenvalue weighted by Crippen LogP contribution is -2.41. The van der Waals surface area contributed by atoms with Gasteiger partial charge >= 0.3 is 6.03 Å². The highest BCUT2D eigenvalue weighted by Crippen LogP contribution is 2.09. The van der Waals surface area contributed by atoms with Gasteiger partial charge in [0.25, 0.3) is 0 Å². The number of thiophene rings is 1. The second-order valence-electron chi connectivity index (χ2n) is 3.54. The van der Waals surface area contributed by atoms with Gasteiger partial charge in [-0.1, -0.05) is 6.07 Å². The number of carbonyl (C=O) groups excluding carboxylic acids is 2. The number of hydrogen-bond donors (Lipinski definition) is 1. The smallest absolute Gasteiger partial charge is 0.323 e. The number of alkyl halides is 1. The van der Waals surface area contributed by atoms with Crippen molar-refractivity contribution in [3.8, 4) is 0 Å². The minimum atomic E-state index is -0.378. The summed E-state index contributed by atoms with van der Waals surface area (Å²) < 4.78 is 0. The predicted molar refractivity (Wildman–Crippen MR) is 69.5 cm³/mol. The van der Waals surface area contributed by atoms with Crippen LogP contribution in [0.2, 0.25) is 0 Å². The predicted octanol–water partition coefficient (Wildman–Crippen LogP) is 2.09. The van der Waals surface area contributed by atoms with Crippen molar-refractivity contribution in [2.24, 2.45) is 0 Å². The standard InChI is InChI=1S/C11H15ClN2O2S/c1-14(7-5-9-3-2-8-17-9)11(16)13-10(15)4-6-12/h2-3,8H,4-7H2,1H3,(H,13,15,16). The van der Waals surface area contributed by atoms with Crippen molar-refractivity contribution in [3.05, 3.63) is 22.4 Å². The third kappa shape index (κ3) is 5.19. The molecule has 0 aliphatic heterocycles. The zero-order valence-corrected chi connectivity index (χ0v) is 11.2. The molecule has 1 aromatic rings. The maximum atomic E-state index is 11.5. The first-order valence-corrected chi connectivity index (χ1v) is 6.68. The highest BCUT2D eigenvalue weighted by Gasteiger charge is 2.11. The van der Waals surface area contributed by atoms with Crippen LogP contribution in [0.5, 0.6) is 0 Å². The van der Waals surface area contributed by atoms with Gasteiger partial charge in [-0.25, -0.2) is 4.79 Å². The van der Waals surface area contributed by atoms with Crippen molar-refractivity contribution < 1.29 is 9.59 Å². The Balaban J connectivity index is 2.29. The van der Waals surface area contributed by atoms with Gasteiger partial charge in [-0.3, -0.25) is 10.1 Å². The van der Waals surface area contributed by atoms with Crippen LogP contribution in [0.15, 0.2) is 17.5 Å². The second kappa shape index (κ2) is 7.29. The number of nitrogens with one attached hydrogen (secondary N) is 1. The van der Waals surface area contributed by atoms with Crippen LogP contribution in [0.3, 0.4) is 0 Å². The maximum Gasteiger partial charge on any atom is 0.323 e. The van der Waals surface area contributed by atoms with E-state index in [1.807, 2.05) is 17.5 Å². The van der Waals surface area contributed by atoms with Crippen LogP contribution in [-0.2, 0) is 11.2 Å². The summed E-state index contributed by atoms with van der Waals surface area (Å²) in [5.41, 5.74) is 0. The molecule has 94 valence electrons. The number of imide groups is 1. The molecule has 1 N–H and O–H groups in total. The van der Waals surface area contributed by atoms with Crippen molar-refractivity contribution >= 4 is 34.9 Å². The summed E-state index contributed by atoms with van der Waals surface area (Å²) in [7, 11) is 1.66. The van der Waals surface area contributed by atoms with Gasteiger partial charge in [-0.05, 0) is 17.9 Å². The molecule has 0 fully saturated rings. The van der Waals surface area contributed by atoms with E-state index in [-0.39, 0.29) is 24.2 Å². The molecular weight excluding hydrogens is 260 g/mol. The molecular formula is C11H15ClN2O2S. The molecule has 0 bridgehead atoms. The molecule has 0 spiro atoms. The van der Waals surface area contributed by atoms with Crippen LogP contribution in [0.25, 0.3) is 0 Å². The first-order chi connectivity index (χ1) is 8.13. The minimum Gasteiger partial charge on any atom is -0.327 e. The fourth-order valence-corrected chi connectivity index (χ4v) is 2.07. The average molecular weight is 275 g/mol. The molecule has 0 saturated carbocycles. The summed E-state index contributed by atoms with van der Waals surface area (Å²) in [5, 5.41) is 4.28. The molecule has 1 heterocycles. The Morgan fingerprint density at radius 3 is 2.88 bits per heavy atom. The Hall–Kier alpha value is -1.07. The number of halogens is 1. The molecule has 0 saturated heterocycles. The fourth-order valence-electron chi connectivity index (χ4n) is 1.20. The van der Waals surface area contributed by atoms with Gasteiger partial charge in [0, 0.05) is 30.8 Å². The first kappa shape index (κ1) is 14.0. The Bertz CT molecular complexity index is 368. The van der Waals surface area contributed by atoms with E-state index >= 15 is 0 Å². The van der Waals surface area contributed by atoms with Crippen LogP contribution in [0.1, 0.15) is 11.3 Å². The molecule has 6 heteroatoms. The third-order valence-corrected chi connectivity index (χ3v) is 3.31. The number of rotatable bonds is 5. The minimum absolute atomic E-state index is 0.159. The van der Waals surface area contributed by atoms with Crippen LogP contribution in [0.4, 0.5) is 4.79 Å². The van der Waals surface area contributed by atoms with Gasteiger partial charge in [0.05, 0.1) is 0 Å². The summed E-state index contributed by atoms with van der Waals surface area (Å²) in [6.45, 7) is 0.584. The second-order valence-corrected chi connectivity index (χ2v) is 4.95. The molecule has 0 atom stereocenters. The van der Waals surface area contributed by atoms with E-state index in [1.54, 1.807) is 18.4 Å². The van der Waals surface area contributed by atoms with Crippen molar-refractivity contribution in [1.82, 2.24) is 10.2 Å². The Morgan fingerprint density at radius 2 is 2.29 bits per heavy atom. The van der Waals surface area contributed by atoms with Gasteiger partial charge < -0.3 is 4.90 Å². The van der Waals surface area contributed by atoms with E-state index in [9.17, 15) is 9.59 Å². The number of nitrogens with zero attached hydrogens (tertiary/aromatic N) is 1. The summed E-state index contributed by atoms with van der Waals surface area (Å²) in [6.07, 6.45) is 0.956. The van der Waals surface area contributed by atoms with Crippen LogP contribution < -0.4 is 5.32 Å². The van der Waals surface area contributed by atoms with Gasteiger partial charge in [0.15, 0.2) is 0 Å². The zero-order chi connectivity index (χ0) is 12.7. The van der Waals surface area contributed by atoms with Crippen molar-refractivity contribution in [3.63, 3.8) is 0 Å².